The van der Waals surface area contributed by atoms with Gasteiger partial charge in [-0.05, 0) is 6.07 Å². The van der Waals surface area contributed by atoms with Crippen molar-refractivity contribution in [3.8, 4) is 6.07 Å². The van der Waals surface area contributed by atoms with Crippen LogP contribution in [-0.2, 0) is 4.79 Å². The molecule has 0 fully saturated rings. The number of nitrogens with one attached hydrogen (secondary N) is 1. The van der Waals surface area contributed by atoms with Crippen LogP contribution in [0.3, 0.4) is 0 Å². The molecule has 0 saturated carbocycles. The number of nitrogens with two attached hydrogens (primary N) is 1. The van der Waals surface area contributed by atoms with E-state index in [2.05, 4.69) is 0 Å². The Balaban J connectivity index is 3.42. The summed E-state index contributed by atoms with van der Waals surface area (Å²) in [5.74, 6) is 4.23. The smallest absolute Gasteiger partial charge is 0.267 e. The molecule has 5 heteroatoms. The fourth-order valence-electron chi connectivity index (χ4n) is 1.05. The van der Waals surface area contributed by atoms with E-state index < -0.39 is 5.91 Å². The van der Waals surface area contributed by atoms with E-state index in [-0.39, 0.29) is 16.7 Å². The molecule has 0 atom stereocenters. The van der Waals surface area contributed by atoms with Gasteiger partial charge in [0.1, 0.15) is 0 Å². The number of nitrogen functional groups attached to an aromatic ring is 1. The van der Waals surface area contributed by atoms with E-state index in [9.17, 15) is 9.59 Å². The maximum absolute atomic E-state index is 11.2. The lowest BCUT2D eigenvalue weighted by atomic mass is 10.0. The van der Waals surface area contributed by atoms with Crippen molar-refractivity contribution in [1.82, 2.24) is 5.43 Å². The van der Waals surface area contributed by atoms with Gasteiger partial charge in [-0.1, -0.05) is 12.1 Å². The van der Waals surface area contributed by atoms with Crippen LogP contribution in [0.25, 0.3) is 0 Å². The van der Waals surface area contributed by atoms with Gasteiger partial charge in [-0.3, -0.25) is 15.0 Å². The molecule has 0 heterocycles. The summed E-state index contributed by atoms with van der Waals surface area (Å²) in [6, 6.07) is 6.09. The van der Waals surface area contributed by atoms with Crippen LogP contribution < -0.4 is 11.3 Å². The van der Waals surface area contributed by atoms with Crippen molar-refractivity contribution in [2.24, 2.45) is 5.84 Å². The predicted octanol–water partition coefficient (Wildman–Crippen LogP) is -0.380. The second-order valence-corrected chi connectivity index (χ2v) is 2.42. The largest absolute Gasteiger partial charge is 0.290 e. The van der Waals surface area contributed by atoms with Gasteiger partial charge >= 0.3 is 0 Å². The zero-order chi connectivity index (χ0) is 10.6. The van der Waals surface area contributed by atoms with Gasteiger partial charge in [-0.15, -0.1) is 0 Å². The van der Waals surface area contributed by atoms with E-state index in [1.54, 1.807) is 12.4 Å². The molecule has 69 valence electrons. The van der Waals surface area contributed by atoms with Gasteiger partial charge in [0, 0.05) is 5.56 Å². The van der Waals surface area contributed by atoms with Crippen molar-refractivity contribution < 1.29 is 9.59 Å². The van der Waals surface area contributed by atoms with Gasteiger partial charge in [0.15, 0.2) is 0 Å². The van der Waals surface area contributed by atoms with Crippen LogP contribution in [0, 0.1) is 11.3 Å². The number of nitrogens with zero attached hydrogens (tertiary/aromatic N) is 1. The molecule has 0 bridgehead atoms. The highest BCUT2D eigenvalue weighted by molar-refractivity contribution is 6.03. The third-order valence-corrected chi connectivity index (χ3v) is 1.65. The minimum atomic E-state index is -0.680. The Morgan fingerprint density at radius 2 is 2.07 bits per heavy atom. The standard InChI is InChI=1S/C9H6N3O2/c10-4-6-2-1-3-7(5-13)8(6)9(14)12-11/h1-3H,11H2,(H,12,14). The zero-order valence-corrected chi connectivity index (χ0v) is 7.07. The molecule has 0 saturated heterocycles. The van der Waals surface area contributed by atoms with Crippen LogP contribution in [0.5, 0.6) is 0 Å². The molecule has 3 N–H and O–H groups in total. The van der Waals surface area contributed by atoms with Crippen molar-refractivity contribution >= 4 is 12.2 Å². The lowest BCUT2D eigenvalue weighted by Crippen LogP contribution is -2.31. The highest BCUT2D eigenvalue weighted by Gasteiger charge is 2.14. The molecule has 1 rings (SSSR count). The monoisotopic (exact) mass is 188 g/mol. The molecule has 1 aromatic rings. The van der Waals surface area contributed by atoms with Crippen LogP contribution in [-0.4, -0.2) is 12.2 Å². The lowest BCUT2D eigenvalue weighted by Gasteiger charge is -2.03. The first-order chi connectivity index (χ1) is 6.74. The maximum atomic E-state index is 11.2. The van der Waals surface area contributed by atoms with Gasteiger partial charge in [0.05, 0.1) is 17.2 Å². The summed E-state index contributed by atoms with van der Waals surface area (Å²) in [6.07, 6.45) is 1.57. The molecule has 0 aromatic heterocycles. The predicted molar refractivity (Wildman–Crippen MR) is 47.6 cm³/mol. The molecular formula is C9H6N3O2. The number of hydrogen-bond acceptors (Lipinski definition) is 4. The summed E-state index contributed by atoms with van der Waals surface area (Å²) in [5, 5.41) is 8.68. The molecule has 1 amide bonds. The summed E-state index contributed by atoms with van der Waals surface area (Å²) >= 11 is 0. The van der Waals surface area contributed by atoms with Gasteiger partial charge in [0.25, 0.3) is 5.91 Å². The number of nitriles is 1. The van der Waals surface area contributed by atoms with Crippen LogP contribution in [0.1, 0.15) is 21.5 Å². The zero-order valence-electron chi connectivity index (χ0n) is 7.07. The minimum Gasteiger partial charge on any atom is -0.290 e. The summed E-state index contributed by atoms with van der Waals surface area (Å²) < 4.78 is 0. The van der Waals surface area contributed by atoms with Gasteiger partial charge < -0.3 is 0 Å². The van der Waals surface area contributed by atoms with Crippen molar-refractivity contribution in [2.45, 2.75) is 0 Å². The van der Waals surface area contributed by atoms with Crippen molar-refractivity contribution in [3.63, 3.8) is 0 Å². The Morgan fingerprint density at radius 1 is 1.43 bits per heavy atom. The Morgan fingerprint density at radius 3 is 2.57 bits per heavy atom. The van der Waals surface area contributed by atoms with Gasteiger partial charge in [-0.2, -0.15) is 5.26 Å². The number of carbonyl (C=O) groups is 1. The number of hydrogen-bond donors (Lipinski definition) is 2. The number of hydrazine groups is 1. The van der Waals surface area contributed by atoms with Crippen LogP contribution in [0.2, 0.25) is 0 Å². The summed E-state index contributed by atoms with van der Waals surface area (Å²) in [5.41, 5.74) is 1.93. The molecule has 14 heavy (non-hydrogen) atoms. The van der Waals surface area contributed by atoms with Crippen LogP contribution in [0.15, 0.2) is 18.2 Å². The van der Waals surface area contributed by atoms with Crippen molar-refractivity contribution in [2.75, 3.05) is 0 Å². The Bertz CT molecular complexity index is 421. The Kier molecular flexibility index (Phi) is 2.94. The molecular weight excluding hydrogens is 182 g/mol. The molecule has 0 aliphatic carbocycles. The van der Waals surface area contributed by atoms with E-state index in [1.165, 1.54) is 18.2 Å². The highest BCUT2D eigenvalue weighted by Crippen LogP contribution is 2.11. The van der Waals surface area contributed by atoms with Crippen LogP contribution >= 0.6 is 0 Å². The van der Waals surface area contributed by atoms with E-state index in [1.807, 2.05) is 5.43 Å². The first-order valence-corrected chi connectivity index (χ1v) is 3.66. The molecule has 0 aliphatic rings. The molecule has 5 nitrogen and oxygen atoms in total. The number of amides is 1. The van der Waals surface area contributed by atoms with Crippen molar-refractivity contribution in [3.05, 3.63) is 34.9 Å². The quantitative estimate of drug-likeness (QED) is 0.375. The summed E-state index contributed by atoms with van der Waals surface area (Å²) in [4.78, 5) is 21.7. The number of benzene rings is 1. The van der Waals surface area contributed by atoms with E-state index in [4.69, 9.17) is 11.1 Å². The molecule has 0 aliphatic heterocycles. The van der Waals surface area contributed by atoms with Gasteiger partial charge in [0.2, 0.25) is 6.29 Å². The van der Waals surface area contributed by atoms with E-state index in [0.717, 1.165) is 0 Å². The third-order valence-electron chi connectivity index (χ3n) is 1.65. The average molecular weight is 188 g/mol. The first kappa shape index (κ1) is 9.89. The summed E-state index contributed by atoms with van der Waals surface area (Å²) in [7, 11) is 0. The fourth-order valence-corrected chi connectivity index (χ4v) is 1.05. The van der Waals surface area contributed by atoms with Gasteiger partial charge in [-0.25, -0.2) is 5.84 Å². The highest BCUT2D eigenvalue weighted by atomic mass is 16.2. The minimum absolute atomic E-state index is 0.0204. The lowest BCUT2D eigenvalue weighted by molar-refractivity contribution is 0.0953. The van der Waals surface area contributed by atoms with Crippen molar-refractivity contribution in [1.29, 1.82) is 5.26 Å². The number of rotatable bonds is 2. The number of carbonyl (C=O) groups excluding carboxylic acids is 2. The normalized spacial score (nSPS) is 8.86. The maximum Gasteiger partial charge on any atom is 0.267 e. The Hall–Kier alpha value is -2.19. The SMILES string of the molecule is N#Cc1cccc([C]=O)c1C(=O)NN. The van der Waals surface area contributed by atoms with Crippen LogP contribution in [0.4, 0.5) is 0 Å². The fraction of sp³-hybridized carbons (Fsp3) is 0. The second-order valence-electron chi connectivity index (χ2n) is 2.42. The summed E-state index contributed by atoms with van der Waals surface area (Å²) in [6.45, 7) is 0. The average Bonchev–Trinajstić information content (AvgIpc) is 2.26. The topological polar surface area (TPSA) is 96.0 Å². The van der Waals surface area contributed by atoms with E-state index >= 15 is 0 Å². The third kappa shape index (κ3) is 1.60. The van der Waals surface area contributed by atoms with E-state index in [0.29, 0.717) is 0 Å². The Labute approximate surface area is 80.1 Å². The first-order valence-electron chi connectivity index (χ1n) is 3.66. The molecule has 1 aromatic carbocycles. The second kappa shape index (κ2) is 4.16. The molecule has 0 spiro atoms. The molecule has 1 radical (unpaired) electrons. The molecule has 0 unspecified atom stereocenters.